The van der Waals surface area contributed by atoms with Gasteiger partial charge in [0, 0.05) is 30.4 Å². The van der Waals surface area contributed by atoms with Crippen molar-refractivity contribution in [3.05, 3.63) is 52.8 Å². The first-order valence-corrected chi connectivity index (χ1v) is 8.16. The zero-order chi connectivity index (χ0) is 17.7. The molecule has 2 unspecified atom stereocenters. The van der Waals surface area contributed by atoms with Crippen LogP contribution in [0, 0.1) is 0 Å². The Bertz CT molecular complexity index is 685. The molecule has 2 atom stereocenters. The fourth-order valence-electron chi connectivity index (χ4n) is 2.65. The van der Waals surface area contributed by atoms with Crippen molar-refractivity contribution < 1.29 is 4.79 Å². The van der Waals surface area contributed by atoms with Crippen molar-refractivity contribution in [3.8, 4) is 0 Å². The van der Waals surface area contributed by atoms with Gasteiger partial charge in [0.05, 0.1) is 12.2 Å². The van der Waals surface area contributed by atoms with Crippen molar-refractivity contribution in [2.45, 2.75) is 12.1 Å². The van der Waals surface area contributed by atoms with Crippen LogP contribution in [-0.4, -0.2) is 48.3 Å². The van der Waals surface area contributed by atoms with E-state index >= 15 is 0 Å². The highest BCUT2D eigenvalue weighted by Gasteiger charge is 2.23. The first kappa shape index (κ1) is 18.4. The van der Waals surface area contributed by atoms with Crippen LogP contribution < -0.4 is 10.6 Å². The number of carbonyl (C=O) groups is 1. The van der Waals surface area contributed by atoms with Gasteiger partial charge in [-0.2, -0.15) is 5.10 Å². The van der Waals surface area contributed by atoms with E-state index in [0.717, 1.165) is 11.1 Å². The second-order valence-corrected chi connectivity index (χ2v) is 6.32. The molecule has 0 radical (unpaired) electrons. The Morgan fingerprint density at radius 3 is 2.62 bits per heavy atom. The van der Waals surface area contributed by atoms with Crippen LogP contribution in [0.4, 0.5) is 0 Å². The van der Waals surface area contributed by atoms with Gasteiger partial charge in [-0.3, -0.25) is 9.48 Å². The lowest BCUT2D eigenvalue weighted by atomic mass is 10.1. The third kappa shape index (κ3) is 4.35. The van der Waals surface area contributed by atoms with E-state index in [1.807, 2.05) is 56.5 Å². The molecule has 0 saturated carbocycles. The van der Waals surface area contributed by atoms with Crippen LogP contribution >= 0.6 is 11.6 Å². The number of hydrogen-bond acceptors (Lipinski definition) is 4. The Kier molecular flexibility index (Phi) is 6.36. The van der Waals surface area contributed by atoms with Crippen molar-refractivity contribution in [2.75, 3.05) is 27.7 Å². The number of aryl methyl sites for hydroxylation is 1. The molecule has 0 saturated heterocycles. The number of halogens is 1. The maximum Gasteiger partial charge on any atom is 0.241 e. The summed E-state index contributed by atoms with van der Waals surface area (Å²) >= 11 is 6.30. The number of hydrogen-bond donors (Lipinski definition) is 2. The predicted octanol–water partition coefficient (Wildman–Crippen LogP) is 1.75. The lowest BCUT2D eigenvalue weighted by Gasteiger charge is -2.26. The van der Waals surface area contributed by atoms with Gasteiger partial charge in [-0.15, -0.1) is 0 Å². The van der Waals surface area contributed by atoms with E-state index in [9.17, 15) is 4.79 Å². The average molecular weight is 350 g/mol. The van der Waals surface area contributed by atoms with E-state index in [1.54, 1.807) is 17.9 Å². The molecular weight excluding hydrogens is 326 g/mol. The van der Waals surface area contributed by atoms with Crippen molar-refractivity contribution in [1.29, 1.82) is 0 Å². The molecule has 1 heterocycles. The Balaban J connectivity index is 2.08. The summed E-state index contributed by atoms with van der Waals surface area (Å²) < 4.78 is 1.68. The molecule has 1 amide bonds. The lowest BCUT2D eigenvalue weighted by molar-refractivity contribution is -0.123. The minimum Gasteiger partial charge on any atom is -0.353 e. The molecule has 0 fully saturated rings. The molecule has 6 nitrogen and oxygen atoms in total. The molecule has 0 bridgehead atoms. The molecule has 0 spiro atoms. The summed E-state index contributed by atoms with van der Waals surface area (Å²) in [4.78, 5) is 14.6. The summed E-state index contributed by atoms with van der Waals surface area (Å²) in [5.74, 6) is -0.0931. The minimum atomic E-state index is -0.437. The second-order valence-electron chi connectivity index (χ2n) is 5.92. The smallest absolute Gasteiger partial charge is 0.241 e. The molecule has 1 aromatic carbocycles. The quantitative estimate of drug-likeness (QED) is 0.799. The van der Waals surface area contributed by atoms with E-state index in [-0.39, 0.29) is 11.9 Å². The lowest BCUT2D eigenvalue weighted by Crippen LogP contribution is -2.40. The van der Waals surface area contributed by atoms with E-state index in [0.29, 0.717) is 11.6 Å². The van der Waals surface area contributed by atoms with Crippen LogP contribution in [-0.2, 0) is 11.8 Å². The Hall–Kier alpha value is -1.89. The Labute approximate surface area is 147 Å². The van der Waals surface area contributed by atoms with Crippen LogP contribution in [0.3, 0.4) is 0 Å². The summed E-state index contributed by atoms with van der Waals surface area (Å²) in [6.45, 7) is 0.466. The van der Waals surface area contributed by atoms with Crippen LogP contribution in [0.25, 0.3) is 0 Å². The Morgan fingerprint density at radius 2 is 2.08 bits per heavy atom. The van der Waals surface area contributed by atoms with Gasteiger partial charge >= 0.3 is 0 Å². The summed E-state index contributed by atoms with van der Waals surface area (Å²) in [7, 11) is 7.52. The molecular formula is C17H24ClN5O. The Morgan fingerprint density at radius 1 is 1.38 bits per heavy atom. The molecule has 2 N–H and O–H groups in total. The predicted molar refractivity (Wildman–Crippen MR) is 95.9 cm³/mol. The third-order valence-corrected chi connectivity index (χ3v) is 4.31. The number of carbonyl (C=O) groups excluding carboxylic acids is 1. The molecule has 24 heavy (non-hydrogen) atoms. The summed E-state index contributed by atoms with van der Waals surface area (Å²) in [5, 5.41) is 10.9. The normalized spacial score (nSPS) is 13.8. The molecule has 2 aromatic rings. The van der Waals surface area contributed by atoms with E-state index in [2.05, 4.69) is 15.7 Å². The molecule has 0 aliphatic heterocycles. The molecule has 1 aromatic heterocycles. The van der Waals surface area contributed by atoms with Gasteiger partial charge in [-0.05, 0) is 32.8 Å². The van der Waals surface area contributed by atoms with Crippen molar-refractivity contribution in [1.82, 2.24) is 25.3 Å². The van der Waals surface area contributed by atoms with E-state index < -0.39 is 6.04 Å². The zero-order valence-electron chi connectivity index (χ0n) is 14.5. The van der Waals surface area contributed by atoms with Crippen molar-refractivity contribution >= 4 is 17.5 Å². The van der Waals surface area contributed by atoms with E-state index in [1.165, 1.54) is 0 Å². The highest BCUT2D eigenvalue weighted by Crippen LogP contribution is 2.25. The monoisotopic (exact) mass is 349 g/mol. The van der Waals surface area contributed by atoms with Gasteiger partial charge in [0.1, 0.15) is 6.04 Å². The number of amides is 1. The summed E-state index contributed by atoms with van der Waals surface area (Å²) in [5.41, 5.74) is 1.82. The highest BCUT2D eigenvalue weighted by atomic mass is 35.5. The standard InChI is InChI=1S/C17H24ClN5O/c1-19-16(12-9-21-23(4)11-12)17(24)20-10-15(22(2)3)13-7-5-6-8-14(13)18/h5-9,11,15-16,19H,10H2,1-4H3,(H,20,24). The van der Waals surface area contributed by atoms with Gasteiger partial charge in [-0.25, -0.2) is 0 Å². The largest absolute Gasteiger partial charge is 0.353 e. The number of likely N-dealkylation sites (N-methyl/N-ethyl adjacent to an activating group) is 2. The molecule has 0 aliphatic rings. The van der Waals surface area contributed by atoms with Crippen molar-refractivity contribution in [3.63, 3.8) is 0 Å². The van der Waals surface area contributed by atoms with Crippen LogP contribution in [0.15, 0.2) is 36.7 Å². The third-order valence-electron chi connectivity index (χ3n) is 3.97. The molecule has 0 aliphatic carbocycles. The number of aromatic nitrogens is 2. The number of rotatable bonds is 7. The number of nitrogens with one attached hydrogen (secondary N) is 2. The maximum atomic E-state index is 12.6. The van der Waals surface area contributed by atoms with Crippen molar-refractivity contribution in [2.24, 2.45) is 7.05 Å². The van der Waals surface area contributed by atoms with Gasteiger partial charge in [0.25, 0.3) is 0 Å². The van der Waals surface area contributed by atoms with Crippen LogP contribution in [0.1, 0.15) is 23.2 Å². The average Bonchev–Trinajstić information content (AvgIpc) is 2.96. The topological polar surface area (TPSA) is 62.2 Å². The van der Waals surface area contributed by atoms with E-state index in [4.69, 9.17) is 11.6 Å². The van der Waals surface area contributed by atoms with Gasteiger partial charge in [-0.1, -0.05) is 29.8 Å². The van der Waals surface area contributed by atoms with Gasteiger partial charge in [0.2, 0.25) is 5.91 Å². The first-order chi connectivity index (χ1) is 11.4. The molecule has 2 rings (SSSR count). The molecule has 7 heteroatoms. The SMILES string of the molecule is CNC(C(=O)NCC(c1ccccc1Cl)N(C)C)c1cnn(C)c1. The fourth-order valence-corrected chi connectivity index (χ4v) is 2.92. The summed E-state index contributed by atoms with van der Waals surface area (Å²) in [6, 6.07) is 7.25. The highest BCUT2D eigenvalue weighted by molar-refractivity contribution is 6.31. The molecule has 130 valence electrons. The zero-order valence-corrected chi connectivity index (χ0v) is 15.2. The van der Waals surface area contributed by atoms with Gasteiger partial charge in [0.15, 0.2) is 0 Å². The fraction of sp³-hybridized carbons (Fsp3) is 0.412. The number of nitrogens with zero attached hydrogens (tertiary/aromatic N) is 3. The second kappa shape index (κ2) is 8.28. The van der Waals surface area contributed by atoms with Crippen LogP contribution in [0.2, 0.25) is 5.02 Å². The van der Waals surface area contributed by atoms with Crippen LogP contribution in [0.5, 0.6) is 0 Å². The first-order valence-electron chi connectivity index (χ1n) is 7.78. The summed E-state index contributed by atoms with van der Waals surface area (Å²) in [6.07, 6.45) is 3.52. The number of benzene rings is 1. The van der Waals surface area contributed by atoms with Gasteiger partial charge < -0.3 is 15.5 Å². The maximum absolute atomic E-state index is 12.6. The minimum absolute atomic E-state index is 0.00551.